The van der Waals surface area contributed by atoms with Crippen LogP contribution in [0.2, 0.25) is 0 Å². The Balaban J connectivity index is 1.87. The van der Waals surface area contributed by atoms with E-state index in [0.29, 0.717) is 5.56 Å². The molecule has 0 saturated heterocycles. The highest BCUT2D eigenvalue weighted by atomic mass is 19.1. The number of halogens is 2. The monoisotopic (exact) mass is 319 g/mol. The van der Waals surface area contributed by atoms with Gasteiger partial charge in [-0.05, 0) is 44.4 Å². The number of fused-ring (bicyclic) bond motifs is 1. The number of amides is 1. The Kier molecular flexibility index (Phi) is 4.15. The fourth-order valence-electron chi connectivity index (χ4n) is 3.01. The van der Waals surface area contributed by atoms with Crippen molar-refractivity contribution in [3.05, 3.63) is 52.9 Å². The van der Waals surface area contributed by atoms with Gasteiger partial charge in [-0.3, -0.25) is 9.48 Å². The standard InChI is InChI=1S/C17H19F2N3O/c1-11(13-9-12(18)6-7-15(13)19)21(2)17(23)14-10-20-22-8-4-3-5-16(14)22/h6-7,9-11H,3-5,8H2,1-2H3. The molecule has 0 spiro atoms. The molecule has 1 unspecified atom stereocenters. The summed E-state index contributed by atoms with van der Waals surface area (Å²) in [7, 11) is 1.60. The Morgan fingerprint density at radius 1 is 1.35 bits per heavy atom. The first-order valence-corrected chi connectivity index (χ1v) is 7.76. The third-order valence-corrected chi connectivity index (χ3v) is 4.52. The van der Waals surface area contributed by atoms with Crippen LogP contribution in [-0.4, -0.2) is 27.6 Å². The topological polar surface area (TPSA) is 38.1 Å². The van der Waals surface area contributed by atoms with Crippen LogP contribution in [-0.2, 0) is 13.0 Å². The van der Waals surface area contributed by atoms with Gasteiger partial charge in [-0.1, -0.05) is 0 Å². The number of hydrogen-bond donors (Lipinski definition) is 0. The van der Waals surface area contributed by atoms with Gasteiger partial charge in [-0.15, -0.1) is 0 Å². The molecule has 6 heteroatoms. The first kappa shape index (κ1) is 15.6. The number of carbonyl (C=O) groups excluding carboxylic acids is 1. The van der Waals surface area contributed by atoms with Gasteiger partial charge in [0.05, 0.1) is 23.5 Å². The van der Waals surface area contributed by atoms with Crippen LogP contribution in [0.5, 0.6) is 0 Å². The second-order valence-electron chi connectivity index (χ2n) is 5.94. The van der Waals surface area contributed by atoms with E-state index in [2.05, 4.69) is 5.10 Å². The molecule has 1 aliphatic rings. The molecule has 1 aromatic heterocycles. The van der Waals surface area contributed by atoms with Gasteiger partial charge in [0.15, 0.2) is 0 Å². The van der Waals surface area contributed by atoms with Crippen molar-refractivity contribution in [1.29, 1.82) is 0 Å². The van der Waals surface area contributed by atoms with Crippen LogP contribution < -0.4 is 0 Å². The summed E-state index contributed by atoms with van der Waals surface area (Å²) >= 11 is 0. The molecule has 4 nitrogen and oxygen atoms in total. The van der Waals surface area contributed by atoms with E-state index in [1.807, 2.05) is 4.68 Å². The van der Waals surface area contributed by atoms with Crippen LogP contribution in [0.15, 0.2) is 24.4 Å². The van der Waals surface area contributed by atoms with Gasteiger partial charge in [0.2, 0.25) is 0 Å². The number of aryl methyl sites for hydroxylation is 1. The van der Waals surface area contributed by atoms with Crippen molar-refractivity contribution >= 4 is 5.91 Å². The van der Waals surface area contributed by atoms with Crippen molar-refractivity contribution in [2.45, 2.75) is 38.8 Å². The fraction of sp³-hybridized carbons (Fsp3) is 0.412. The molecule has 1 amide bonds. The minimum atomic E-state index is -0.572. The van der Waals surface area contributed by atoms with Gasteiger partial charge in [0.1, 0.15) is 11.6 Å². The van der Waals surface area contributed by atoms with Gasteiger partial charge in [-0.25, -0.2) is 8.78 Å². The lowest BCUT2D eigenvalue weighted by Crippen LogP contribution is -2.31. The molecule has 0 bridgehead atoms. The minimum Gasteiger partial charge on any atom is -0.335 e. The van der Waals surface area contributed by atoms with Gasteiger partial charge < -0.3 is 4.90 Å². The zero-order valence-electron chi connectivity index (χ0n) is 13.2. The summed E-state index contributed by atoms with van der Waals surface area (Å²) in [5.41, 5.74) is 1.65. The molecule has 0 aliphatic carbocycles. The number of aromatic nitrogens is 2. The molecule has 0 N–H and O–H groups in total. The minimum absolute atomic E-state index is 0.168. The maximum atomic E-state index is 13.9. The smallest absolute Gasteiger partial charge is 0.257 e. The van der Waals surface area contributed by atoms with E-state index in [-0.39, 0.29) is 11.5 Å². The van der Waals surface area contributed by atoms with Gasteiger partial charge in [-0.2, -0.15) is 5.10 Å². The maximum Gasteiger partial charge on any atom is 0.257 e. The predicted molar refractivity (Wildman–Crippen MR) is 82.0 cm³/mol. The Hall–Kier alpha value is -2.24. The first-order chi connectivity index (χ1) is 11.0. The molecule has 0 fully saturated rings. The highest BCUT2D eigenvalue weighted by Crippen LogP contribution is 2.26. The van der Waals surface area contributed by atoms with Gasteiger partial charge in [0, 0.05) is 19.2 Å². The molecule has 0 radical (unpaired) electrons. The zero-order valence-corrected chi connectivity index (χ0v) is 13.2. The lowest BCUT2D eigenvalue weighted by molar-refractivity contribution is 0.0738. The lowest BCUT2D eigenvalue weighted by Gasteiger charge is -2.26. The summed E-state index contributed by atoms with van der Waals surface area (Å²) in [6.45, 7) is 2.51. The molecule has 1 aliphatic heterocycles. The molecule has 1 atom stereocenters. The summed E-state index contributed by atoms with van der Waals surface area (Å²) in [6.07, 6.45) is 4.48. The van der Waals surface area contributed by atoms with Crippen LogP contribution in [0, 0.1) is 11.6 Å². The van der Waals surface area contributed by atoms with Crippen LogP contribution in [0.4, 0.5) is 8.78 Å². The Morgan fingerprint density at radius 3 is 2.91 bits per heavy atom. The quantitative estimate of drug-likeness (QED) is 0.870. The van der Waals surface area contributed by atoms with Crippen molar-refractivity contribution in [2.75, 3.05) is 7.05 Å². The Bertz CT molecular complexity index is 741. The van der Waals surface area contributed by atoms with E-state index in [1.54, 1.807) is 20.2 Å². The molecule has 23 heavy (non-hydrogen) atoms. The van der Waals surface area contributed by atoms with E-state index in [0.717, 1.165) is 49.7 Å². The molecule has 0 saturated carbocycles. The highest BCUT2D eigenvalue weighted by Gasteiger charge is 2.26. The molecule has 3 rings (SSSR count). The molecular weight excluding hydrogens is 300 g/mol. The lowest BCUT2D eigenvalue weighted by atomic mass is 10.0. The normalized spacial score (nSPS) is 15.1. The van der Waals surface area contributed by atoms with Crippen molar-refractivity contribution in [2.24, 2.45) is 0 Å². The summed E-state index contributed by atoms with van der Waals surface area (Å²) < 4.78 is 29.2. The summed E-state index contributed by atoms with van der Waals surface area (Å²) in [4.78, 5) is 14.2. The number of rotatable bonds is 3. The molecule has 1 aromatic carbocycles. The van der Waals surface area contributed by atoms with Crippen LogP contribution >= 0.6 is 0 Å². The van der Waals surface area contributed by atoms with Gasteiger partial charge >= 0.3 is 0 Å². The van der Waals surface area contributed by atoms with Gasteiger partial charge in [0.25, 0.3) is 5.91 Å². The maximum absolute atomic E-state index is 13.9. The van der Waals surface area contributed by atoms with Crippen molar-refractivity contribution in [3.63, 3.8) is 0 Å². The second-order valence-corrected chi connectivity index (χ2v) is 5.94. The van der Waals surface area contributed by atoms with E-state index < -0.39 is 17.7 Å². The highest BCUT2D eigenvalue weighted by molar-refractivity contribution is 5.95. The van der Waals surface area contributed by atoms with E-state index >= 15 is 0 Å². The zero-order chi connectivity index (χ0) is 16.6. The number of hydrogen-bond acceptors (Lipinski definition) is 2. The molecule has 2 heterocycles. The van der Waals surface area contributed by atoms with E-state index in [4.69, 9.17) is 0 Å². The number of benzene rings is 1. The van der Waals surface area contributed by atoms with Crippen molar-refractivity contribution < 1.29 is 13.6 Å². The third-order valence-electron chi connectivity index (χ3n) is 4.52. The summed E-state index contributed by atoms with van der Waals surface area (Å²) in [5, 5.41) is 4.26. The van der Waals surface area contributed by atoms with E-state index in [9.17, 15) is 13.6 Å². The Labute approximate surface area is 133 Å². The summed E-state index contributed by atoms with van der Waals surface area (Å²) in [5.74, 6) is -1.25. The fourth-order valence-corrected chi connectivity index (χ4v) is 3.01. The average molecular weight is 319 g/mol. The predicted octanol–water partition coefficient (Wildman–Crippen LogP) is 3.33. The number of carbonyl (C=O) groups is 1. The van der Waals surface area contributed by atoms with Crippen LogP contribution in [0.3, 0.4) is 0 Å². The van der Waals surface area contributed by atoms with Crippen molar-refractivity contribution in [1.82, 2.24) is 14.7 Å². The largest absolute Gasteiger partial charge is 0.335 e. The average Bonchev–Trinajstić information content (AvgIpc) is 2.99. The molecular formula is C17H19F2N3O. The molecule has 2 aromatic rings. The first-order valence-electron chi connectivity index (χ1n) is 7.76. The van der Waals surface area contributed by atoms with Crippen LogP contribution in [0.25, 0.3) is 0 Å². The second kappa shape index (κ2) is 6.10. The Morgan fingerprint density at radius 2 is 2.13 bits per heavy atom. The third kappa shape index (κ3) is 2.85. The van der Waals surface area contributed by atoms with Crippen LogP contribution in [0.1, 0.15) is 47.4 Å². The SMILES string of the molecule is CC(c1cc(F)ccc1F)N(C)C(=O)c1cnn2c1CCCC2. The van der Waals surface area contributed by atoms with Crippen molar-refractivity contribution in [3.8, 4) is 0 Å². The molecule has 122 valence electrons. The number of nitrogens with zero attached hydrogens (tertiary/aromatic N) is 3. The van der Waals surface area contributed by atoms with E-state index in [1.165, 1.54) is 4.90 Å². The summed E-state index contributed by atoms with van der Waals surface area (Å²) in [6, 6.07) is 2.72.